The van der Waals surface area contributed by atoms with Crippen molar-refractivity contribution in [1.82, 2.24) is 30.0 Å². The molecular formula is C51H56Cl2FN7O9. The minimum atomic E-state index is -1.36. The molecule has 4 aromatic rings. The van der Waals surface area contributed by atoms with Crippen LogP contribution in [0.15, 0.2) is 59.4 Å². The number of amides is 5. The van der Waals surface area contributed by atoms with Crippen LogP contribution in [0.3, 0.4) is 0 Å². The maximum absolute atomic E-state index is 16.4. The summed E-state index contributed by atoms with van der Waals surface area (Å²) >= 11 is 12.8. The van der Waals surface area contributed by atoms with Gasteiger partial charge < -0.3 is 25.4 Å². The number of piperidine rings is 1. The van der Waals surface area contributed by atoms with Crippen LogP contribution in [0.1, 0.15) is 112 Å². The van der Waals surface area contributed by atoms with Crippen molar-refractivity contribution in [3.05, 3.63) is 97.6 Å². The summed E-state index contributed by atoms with van der Waals surface area (Å²) in [6.45, 7) is 0.447. The van der Waals surface area contributed by atoms with Gasteiger partial charge in [-0.2, -0.15) is 0 Å². The van der Waals surface area contributed by atoms with Gasteiger partial charge in [-0.25, -0.2) is 14.0 Å². The molecule has 70 heavy (non-hydrogen) atoms. The van der Waals surface area contributed by atoms with E-state index in [4.69, 9.17) is 27.9 Å². The molecule has 4 aliphatic heterocycles. The lowest BCUT2D eigenvalue weighted by molar-refractivity contribution is -0.150. The molecule has 2 aliphatic carbocycles. The van der Waals surface area contributed by atoms with Crippen LogP contribution in [0.5, 0.6) is 0 Å². The number of hydrogen-bond donors (Lipinski definition) is 5. The lowest BCUT2D eigenvalue weighted by Crippen LogP contribution is -2.60. The summed E-state index contributed by atoms with van der Waals surface area (Å²) in [6.07, 6.45) is 6.75. The third kappa shape index (κ3) is 8.10. The summed E-state index contributed by atoms with van der Waals surface area (Å²) < 4.78 is 25.5. The number of carbonyl (C=O) groups excluding carboxylic acids is 5. The lowest BCUT2D eigenvalue weighted by atomic mass is 9.55. The average molecular weight is 1000 g/mol. The number of aromatic nitrogens is 2. The molecule has 0 radical (unpaired) electrons. The second kappa shape index (κ2) is 18.9. The van der Waals surface area contributed by atoms with E-state index in [-0.39, 0.29) is 71.8 Å². The number of hydrogen-bond acceptors (Lipinski definition) is 9. The summed E-state index contributed by atoms with van der Waals surface area (Å²) in [4.78, 5) is 95.0. The molecule has 19 heteroatoms. The predicted octanol–water partition coefficient (Wildman–Crippen LogP) is 5.79. The van der Waals surface area contributed by atoms with Crippen molar-refractivity contribution in [3.8, 4) is 0 Å². The summed E-state index contributed by atoms with van der Waals surface area (Å²) in [5.41, 5.74) is 0.955. The second-order valence-electron chi connectivity index (χ2n) is 20.1. The molecule has 10 rings (SSSR count). The van der Waals surface area contributed by atoms with Crippen molar-refractivity contribution in [1.29, 1.82) is 0 Å². The molecular weight excluding hydrogens is 945 g/mol. The fourth-order valence-electron chi connectivity index (χ4n) is 12.9. The van der Waals surface area contributed by atoms with Crippen LogP contribution in [0, 0.1) is 11.7 Å². The average Bonchev–Trinajstić information content (AvgIpc) is 4.05. The molecule has 2 saturated carbocycles. The Bertz CT molecular complexity index is 2870. The number of carboxylic acid groups (broad SMARTS) is 1. The molecule has 6 atom stereocenters. The van der Waals surface area contributed by atoms with Crippen molar-refractivity contribution >= 4 is 75.4 Å². The van der Waals surface area contributed by atoms with Crippen molar-refractivity contribution in [2.24, 2.45) is 13.0 Å². The zero-order valence-corrected chi connectivity index (χ0v) is 40.3. The molecule has 370 valence electrons. The lowest BCUT2D eigenvalue weighted by Gasteiger charge is -2.47. The highest BCUT2D eigenvalue weighted by atomic mass is 35.5. The normalized spacial score (nSPS) is 28.3. The highest BCUT2D eigenvalue weighted by Gasteiger charge is 2.72. The molecule has 5 N–H and O–H groups in total. The van der Waals surface area contributed by atoms with Gasteiger partial charge in [0.25, 0.3) is 0 Å². The third-order valence-electron chi connectivity index (χ3n) is 16.2. The third-order valence-corrected chi connectivity index (χ3v) is 16.7. The standard InChI is InChI=1S/C51H56Cl2FN7O9/c1-59-38-23-27(10-17-36(38)61(49(59)69)37-18-19-40(62)57-44(37)63)7-6-22-70-31-25-39(47(66)67)60(26-31)46(65)28-11-14-30(15-12-28)55-45(64)43-41(32-8-5-9-34(53)42(32)54)51(50(58-43)20-3-2-4-21-50)33-16-13-29(52)24-35(33)56-48(51)68/h5,8-10,13,16-17,23-24,28,30-31,37,39,41,43,58H,2-4,6-7,11-12,14-15,18-22,25-26H2,1H3,(H,55,64)(H,56,68)(H,66,67)(H,57,62,63)/t28?,30?,31-,37?,39-,41+,43-,51-/m1/s1. The van der Waals surface area contributed by atoms with Crippen molar-refractivity contribution in [2.45, 2.75) is 137 Å². The summed E-state index contributed by atoms with van der Waals surface area (Å²) in [6, 6.07) is 12.3. The van der Waals surface area contributed by atoms with E-state index >= 15 is 4.39 Å². The Morgan fingerprint density at radius 1 is 0.929 bits per heavy atom. The molecule has 6 aliphatic rings. The number of ether oxygens (including phenoxy) is 1. The largest absolute Gasteiger partial charge is 0.480 e. The van der Waals surface area contributed by atoms with Gasteiger partial charge in [0.1, 0.15) is 23.3 Å². The van der Waals surface area contributed by atoms with E-state index in [0.29, 0.717) is 85.3 Å². The smallest absolute Gasteiger partial charge is 0.329 e. The number of likely N-dealkylation sites (tertiary alicyclic amines) is 1. The SMILES string of the molecule is Cn1c(=O)n(C2CCC(=O)NC2=O)c2ccc(CCCO[C@@H]3C[C@H](C(=O)O)N(C(=O)C4CCC(NC(=O)[C@@H]5NC6(CCCCC6)[C@@]6(C(=O)Nc7cc(Cl)ccc76)[C@H]5c5cccc(Cl)c5F)CC4)C3)cc21. The summed E-state index contributed by atoms with van der Waals surface area (Å²) in [7, 11) is 1.64. The van der Waals surface area contributed by atoms with Gasteiger partial charge in [-0.3, -0.25) is 43.7 Å². The van der Waals surface area contributed by atoms with Crippen molar-refractivity contribution in [3.63, 3.8) is 0 Å². The molecule has 1 aromatic heterocycles. The number of aryl methyl sites for hydroxylation is 2. The van der Waals surface area contributed by atoms with Gasteiger partial charge >= 0.3 is 11.7 Å². The van der Waals surface area contributed by atoms with E-state index in [1.165, 1.54) is 20.1 Å². The Kier molecular flexibility index (Phi) is 12.9. The Hall–Kier alpha value is -5.62. The number of carbonyl (C=O) groups is 6. The van der Waals surface area contributed by atoms with Gasteiger partial charge in [-0.1, -0.05) is 66.7 Å². The Labute approximate surface area is 412 Å². The van der Waals surface area contributed by atoms with Gasteiger partial charge in [0.15, 0.2) is 0 Å². The number of rotatable bonds is 11. The van der Waals surface area contributed by atoms with E-state index in [2.05, 4.69) is 21.3 Å². The van der Waals surface area contributed by atoms with E-state index in [9.17, 15) is 38.7 Å². The Morgan fingerprint density at radius 2 is 1.70 bits per heavy atom. The first-order valence-electron chi connectivity index (χ1n) is 24.4. The van der Waals surface area contributed by atoms with Crippen LogP contribution in [-0.2, 0) is 52.4 Å². The minimum Gasteiger partial charge on any atom is -0.480 e. The summed E-state index contributed by atoms with van der Waals surface area (Å²) in [5.74, 6) is -5.03. The van der Waals surface area contributed by atoms with Crippen LogP contribution >= 0.6 is 23.2 Å². The molecule has 3 aromatic carbocycles. The number of nitrogens with one attached hydrogen (secondary N) is 4. The zero-order chi connectivity index (χ0) is 49.2. The number of anilines is 1. The number of benzene rings is 3. The van der Waals surface area contributed by atoms with E-state index in [1.807, 2.05) is 18.2 Å². The van der Waals surface area contributed by atoms with Crippen LogP contribution in [0.25, 0.3) is 11.0 Å². The maximum atomic E-state index is 16.4. The molecule has 5 heterocycles. The van der Waals surface area contributed by atoms with Crippen molar-refractivity contribution < 1.29 is 43.0 Å². The number of halogens is 3. The molecule has 5 amide bonds. The number of nitrogens with zero attached hydrogens (tertiary/aromatic N) is 3. The minimum absolute atomic E-state index is 0.112. The van der Waals surface area contributed by atoms with Gasteiger partial charge in [0.2, 0.25) is 29.5 Å². The fourth-order valence-corrected chi connectivity index (χ4v) is 13.3. The first kappa shape index (κ1) is 48.0. The second-order valence-corrected chi connectivity index (χ2v) is 20.9. The van der Waals surface area contributed by atoms with Crippen LogP contribution in [0.2, 0.25) is 10.0 Å². The molecule has 3 saturated heterocycles. The van der Waals surface area contributed by atoms with E-state index in [1.54, 1.807) is 37.4 Å². The first-order chi connectivity index (χ1) is 33.6. The Morgan fingerprint density at radius 3 is 2.44 bits per heavy atom. The number of imidazole rings is 1. The predicted molar refractivity (Wildman–Crippen MR) is 257 cm³/mol. The van der Waals surface area contributed by atoms with Crippen LogP contribution in [-0.4, -0.2) is 97.6 Å². The molecule has 2 spiro atoms. The van der Waals surface area contributed by atoms with Gasteiger partial charge in [0.05, 0.1) is 28.2 Å². The molecule has 16 nitrogen and oxygen atoms in total. The quantitative estimate of drug-likeness (QED) is 0.0903. The van der Waals surface area contributed by atoms with Gasteiger partial charge in [-0.15, -0.1) is 0 Å². The van der Waals surface area contributed by atoms with Crippen LogP contribution < -0.4 is 27.0 Å². The monoisotopic (exact) mass is 999 g/mol. The first-order valence-corrected chi connectivity index (χ1v) is 25.2. The number of fused-ring (bicyclic) bond motifs is 4. The van der Waals surface area contributed by atoms with E-state index < -0.39 is 64.7 Å². The summed E-state index contributed by atoms with van der Waals surface area (Å²) in [5, 5.41) is 22.8. The zero-order valence-electron chi connectivity index (χ0n) is 38.7. The van der Waals surface area contributed by atoms with Gasteiger partial charge in [0, 0.05) is 67.2 Å². The van der Waals surface area contributed by atoms with Crippen molar-refractivity contribution in [2.75, 3.05) is 18.5 Å². The molecule has 1 unspecified atom stereocenters. The highest BCUT2D eigenvalue weighted by Crippen LogP contribution is 2.63. The Balaban J connectivity index is 0.778. The van der Waals surface area contributed by atoms with E-state index in [0.717, 1.165) is 24.8 Å². The van der Waals surface area contributed by atoms with Gasteiger partial charge in [-0.05, 0) is 105 Å². The molecule has 5 fully saturated rings. The molecule has 0 bridgehead atoms. The topological polar surface area (TPSA) is 210 Å². The maximum Gasteiger partial charge on any atom is 0.329 e. The number of aliphatic carboxylic acids is 1. The number of carboxylic acids is 1. The highest BCUT2D eigenvalue weighted by molar-refractivity contribution is 6.31. The van der Waals surface area contributed by atoms with Crippen LogP contribution in [0.4, 0.5) is 10.1 Å². The number of imide groups is 1. The fraction of sp³-hybridized carbons (Fsp3) is 0.510.